The number of nitrogens with one attached hydrogen (secondary N) is 2. The Labute approximate surface area is 171 Å². The molecule has 0 aliphatic rings. The predicted octanol–water partition coefficient (Wildman–Crippen LogP) is 2.32. The van der Waals surface area contributed by atoms with Crippen LogP contribution in [0.25, 0.3) is 0 Å². The molecule has 0 aliphatic carbocycles. The quantitative estimate of drug-likeness (QED) is 0.746. The smallest absolute Gasteiger partial charge is 0.275 e. The number of para-hydroxylation sites is 1. The SMILES string of the molecule is CCc1ccccc1N(C(C)=O)c1nc(C[NH+](C)CC(=O)NC(C)(C)C)cs1. The second-order valence-electron chi connectivity index (χ2n) is 8.07. The maximum absolute atomic E-state index is 12.4. The summed E-state index contributed by atoms with van der Waals surface area (Å²) in [7, 11) is 1.97. The summed E-state index contributed by atoms with van der Waals surface area (Å²) in [6.45, 7) is 10.5. The second kappa shape index (κ2) is 9.30. The van der Waals surface area contributed by atoms with E-state index in [1.54, 1.807) is 11.8 Å². The van der Waals surface area contributed by atoms with Crippen LogP contribution in [0.5, 0.6) is 0 Å². The van der Waals surface area contributed by atoms with Gasteiger partial charge in [0.15, 0.2) is 11.7 Å². The summed E-state index contributed by atoms with van der Waals surface area (Å²) in [4.78, 5) is 31.9. The van der Waals surface area contributed by atoms with Crippen molar-refractivity contribution in [3.05, 3.63) is 40.9 Å². The van der Waals surface area contributed by atoms with Crippen molar-refractivity contribution in [1.82, 2.24) is 10.3 Å². The first-order chi connectivity index (χ1) is 13.1. The summed E-state index contributed by atoms with van der Waals surface area (Å²) in [5.74, 6) is -0.0465. The van der Waals surface area contributed by atoms with Crippen LogP contribution in [0.3, 0.4) is 0 Å². The molecule has 1 atom stereocenters. The normalized spacial score (nSPS) is 12.5. The minimum absolute atomic E-state index is 0.0164. The Hall–Kier alpha value is -2.25. The third-order valence-corrected chi connectivity index (χ3v) is 4.99. The van der Waals surface area contributed by atoms with Gasteiger partial charge >= 0.3 is 0 Å². The van der Waals surface area contributed by atoms with Crippen LogP contribution in [0.15, 0.2) is 29.6 Å². The Bertz CT molecular complexity index is 826. The molecule has 2 amide bonds. The number of carbonyl (C=O) groups excluding carboxylic acids is 2. The van der Waals surface area contributed by atoms with Crippen molar-refractivity contribution in [2.75, 3.05) is 18.5 Å². The number of aromatic nitrogens is 1. The lowest BCUT2D eigenvalue weighted by Crippen LogP contribution is -3.09. The van der Waals surface area contributed by atoms with Gasteiger partial charge in [0.2, 0.25) is 5.91 Å². The van der Waals surface area contributed by atoms with Gasteiger partial charge in [0.25, 0.3) is 5.91 Å². The molecule has 0 saturated carbocycles. The summed E-state index contributed by atoms with van der Waals surface area (Å²) in [5, 5.41) is 5.60. The molecule has 2 rings (SSSR count). The van der Waals surface area contributed by atoms with E-state index in [1.807, 2.05) is 57.5 Å². The molecule has 2 aromatic rings. The molecule has 6 nitrogen and oxygen atoms in total. The molecular weight excluding hydrogens is 372 g/mol. The Morgan fingerprint density at radius 2 is 1.93 bits per heavy atom. The molecular formula is C21H31N4O2S+. The number of thiazole rings is 1. The van der Waals surface area contributed by atoms with Crippen LogP contribution in [-0.4, -0.2) is 35.9 Å². The topological polar surface area (TPSA) is 66.7 Å². The summed E-state index contributed by atoms with van der Waals surface area (Å²) < 4.78 is 0. The van der Waals surface area contributed by atoms with Crippen LogP contribution < -0.4 is 15.1 Å². The van der Waals surface area contributed by atoms with Gasteiger partial charge in [-0.05, 0) is 38.8 Å². The van der Waals surface area contributed by atoms with E-state index in [4.69, 9.17) is 0 Å². The van der Waals surface area contributed by atoms with E-state index in [-0.39, 0.29) is 17.4 Å². The van der Waals surface area contributed by atoms with Crippen LogP contribution in [0.4, 0.5) is 10.8 Å². The van der Waals surface area contributed by atoms with Gasteiger partial charge in [-0.25, -0.2) is 4.98 Å². The van der Waals surface area contributed by atoms with Gasteiger partial charge in [0.05, 0.1) is 12.7 Å². The molecule has 0 bridgehead atoms. The van der Waals surface area contributed by atoms with Crippen LogP contribution in [0, 0.1) is 0 Å². The second-order valence-corrected chi connectivity index (χ2v) is 8.90. The number of anilines is 2. The Balaban J connectivity index is 2.13. The fourth-order valence-electron chi connectivity index (χ4n) is 3.02. The van der Waals surface area contributed by atoms with Crippen LogP contribution >= 0.6 is 11.3 Å². The Morgan fingerprint density at radius 3 is 2.54 bits per heavy atom. The Kier molecular flexibility index (Phi) is 7.32. The first-order valence-electron chi connectivity index (χ1n) is 9.56. The van der Waals surface area contributed by atoms with Gasteiger partial charge < -0.3 is 10.2 Å². The van der Waals surface area contributed by atoms with E-state index in [0.29, 0.717) is 18.2 Å². The highest BCUT2D eigenvalue weighted by Gasteiger charge is 2.22. The van der Waals surface area contributed by atoms with Crippen molar-refractivity contribution >= 4 is 34.0 Å². The Morgan fingerprint density at radius 1 is 1.25 bits per heavy atom. The van der Waals surface area contributed by atoms with Crippen LogP contribution in [0.2, 0.25) is 0 Å². The number of likely N-dealkylation sites (N-methyl/N-ethyl adjacent to an activating group) is 1. The summed E-state index contributed by atoms with van der Waals surface area (Å²) in [5.41, 5.74) is 2.63. The number of benzene rings is 1. The highest BCUT2D eigenvalue weighted by molar-refractivity contribution is 7.14. The van der Waals surface area contributed by atoms with Gasteiger partial charge in [0, 0.05) is 17.8 Å². The lowest BCUT2D eigenvalue weighted by atomic mass is 10.1. The highest BCUT2D eigenvalue weighted by Crippen LogP contribution is 2.31. The number of quaternary nitrogens is 1. The summed E-state index contributed by atoms with van der Waals surface area (Å²) in [6.07, 6.45) is 0.841. The highest BCUT2D eigenvalue weighted by atomic mass is 32.1. The predicted molar refractivity (Wildman–Crippen MR) is 114 cm³/mol. The van der Waals surface area contributed by atoms with Crippen molar-refractivity contribution in [2.45, 2.75) is 53.1 Å². The monoisotopic (exact) mass is 403 g/mol. The van der Waals surface area contributed by atoms with Gasteiger partial charge in [-0.2, -0.15) is 0 Å². The molecule has 0 spiro atoms. The number of nitrogens with zero attached hydrogens (tertiary/aromatic N) is 2. The zero-order valence-corrected chi connectivity index (χ0v) is 18.4. The molecule has 1 heterocycles. The minimum atomic E-state index is -0.236. The van der Waals surface area contributed by atoms with Gasteiger partial charge in [-0.3, -0.25) is 14.5 Å². The first kappa shape index (κ1) is 22.0. The standard InChI is InChI=1S/C21H30N4O2S/c1-7-16-10-8-9-11-18(16)25(15(2)26)20-22-17(14-28-20)12-24(6)13-19(27)23-21(3,4)5/h8-11,14H,7,12-13H2,1-6H3,(H,23,27)/p+1. The van der Waals surface area contributed by atoms with Crippen molar-refractivity contribution < 1.29 is 14.5 Å². The first-order valence-corrected chi connectivity index (χ1v) is 10.4. The lowest BCUT2D eigenvalue weighted by molar-refractivity contribution is -0.885. The van der Waals surface area contributed by atoms with E-state index in [9.17, 15) is 9.59 Å². The van der Waals surface area contributed by atoms with E-state index in [2.05, 4.69) is 17.2 Å². The number of carbonyl (C=O) groups is 2. The number of hydrogen-bond donors (Lipinski definition) is 2. The number of aryl methyl sites for hydroxylation is 1. The van der Waals surface area contributed by atoms with E-state index in [1.165, 1.54) is 11.3 Å². The van der Waals surface area contributed by atoms with Crippen molar-refractivity contribution in [1.29, 1.82) is 0 Å². The fraction of sp³-hybridized carbons (Fsp3) is 0.476. The van der Waals surface area contributed by atoms with Crippen molar-refractivity contribution in [3.63, 3.8) is 0 Å². The minimum Gasteiger partial charge on any atom is -0.347 e. The zero-order valence-electron chi connectivity index (χ0n) is 17.6. The molecule has 0 saturated heterocycles. The van der Waals surface area contributed by atoms with Crippen LogP contribution in [0.1, 0.15) is 45.9 Å². The zero-order chi connectivity index (χ0) is 20.9. The molecule has 7 heteroatoms. The fourth-order valence-corrected chi connectivity index (χ4v) is 3.90. The molecule has 2 N–H and O–H groups in total. The van der Waals surface area contributed by atoms with Crippen molar-refractivity contribution in [3.8, 4) is 0 Å². The number of amides is 2. The van der Waals surface area contributed by atoms with E-state index >= 15 is 0 Å². The largest absolute Gasteiger partial charge is 0.347 e. The van der Waals surface area contributed by atoms with E-state index < -0.39 is 0 Å². The number of rotatable bonds is 7. The third-order valence-electron chi connectivity index (χ3n) is 4.12. The summed E-state index contributed by atoms with van der Waals surface area (Å²) in [6, 6.07) is 7.90. The lowest BCUT2D eigenvalue weighted by Gasteiger charge is -2.22. The van der Waals surface area contributed by atoms with Gasteiger partial charge in [-0.15, -0.1) is 11.3 Å². The molecule has 1 aromatic heterocycles. The molecule has 0 fully saturated rings. The van der Waals surface area contributed by atoms with Gasteiger partial charge in [0.1, 0.15) is 12.2 Å². The third kappa shape index (κ3) is 6.14. The van der Waals surface area contributed by atoms with E-state index in [0.717, 1.165) is 28.3 Å². The number of hydrogen-bond acceptors (Lipinski definition) is 4. The molecule has 1 unspecified atom stereocenters. The molecule has 152 valence electrons. The molecule has 28 heavy (non-hydrogen) atoms. The maximum Gasteiger partial charge on any atom is 0.275 e. The average molecular weight is 404 g/mol. The van der Waals surface area contributed by atoms with Crippen molar-refractivity contribution in [2.24, 2.45) is 0 Å². The molecule has 1 aromatic carbocycles. The molecule has 0 aliphatic heterocycles. The molecule has 0 radical (unpaired) electrons. The maximum atomic E-state index is 12.4. The summed E-state index contributed by atoms with van der Waals surface area (Å²) >= 11 is 1.45. The van der Waals surface area contributed by atoms with Gasteiger partial charge in [-0.1, -0.05) is 25.1 Å². The van der Waals surface area contributed by atoms with Crippen LogP contribution in [-0.2, 0) is 22.6 Å². The average Bonchev–Trinajstić information content (AvgIpc) is 3.00.